The molecule has 2 rings (SSSR count). The molecule has 2 nitrogen and oxygen atoms in total. The van der Waals surface area contributed by atoms with E-state index in [1.54, 1.807) is 0 Å². The molecule has 1 atom stereocenters. The summed E-state index contributed by atoms with van der Waals surface area (Å²) in [4.78, 5) is 2.67. The molecule has 1 aromatic rings. The van der Waals surface area contributed by atoms with Crippen molar-refractivity contribution >= 4 is 5.69 Å². The first-order chi connectivity index (χ1) is 8.76. The molecule has 1 aliphatic rings. The van der Waals surface area contributed by atoms with Crippen molar-refractivity contribution in [3.63, 3.8) is 0 Å². The highest BCUT2D eigenvalue weighted by atomic mass is 15.1. The first kappa shape index (κ1) is 13.4. The molecule has 0 heterocycles. The molecule has 1 aromatic carbocycles. The summed E-state index contributed by atoms with van der Waals surface area (Å²) in [6.07, 6.45) is 6.10. The van der Waals surface area contributed by atoms with Crippen LogP contribution in [0.25, 0.3) is 0 Å². The number of nitrogens with two attached hydrogens (primary N) is 1. The predicted molar refractivity (Wildman–Crippen MR) is 78.8 cm³/mol. The number of fused-ring (bicyclic) bond motifs is 1. The molecule has 0 saturated carbocycles. The van der Waals surface area contributed by atoms with Crippen LogP contribution in [0.4, 0.5) is 5.69 Å². The summed E-state index contributed by atoms with van der Waals surface area (Å²) in [5.74, 6) is 0. The molecule has 0 unspecified atom stereocenters. The lowest BCUT2D eigenvalue weighted by Crippen LogP contribution is -2.40. The quantitative estimate of drug-likeness (QED) is 0.808. The van der Waals surface area contributed by atoms with E-state index in [4.69, 9.17) is 5.73 Å². The van der Waals surface area contributed by atoms with Crippen LogP contribution in [0.1, 0.15) is 44.2 Å². The van der Waals surface area contributed by atoms with Gasteiger partial charge in [-0.25, -0.2) is 0 Å². The van der Waals surface area contributed by atoms with Gasteiger partial charge in [0.15, 0.2) is 0 Å². The van der Waals surface area contributed by atoms with Crippen LogP contribution in [0, 0.1) is 0 Å². The fraction of sp³-hybridized carbons (Fsp3) is 0.625. The largest absolute Gasteiger partial charge is 0.398 e. The van der Waals surface area contributed by atoms with Gasteiger partial charge in [-0.2, -0.15) is 0 Å². The fourth-order valence-corrected chi connectivity index (χ4v) is 3.18. The number of hydrogen-bond acceptors (Lipinski definition) is 2. The van der Waals surface area contributed by atoms with Crippen molar-refractivity contribution in [2.24, 2.45) is 0 Å². The molecule has 0 fully saturated rings. The van der Waals surface area contributed by atoms with Crippen molar-refractivity contribution in [3.05, 3.63) is 29.3 Å². The van der Waals surface area contributed by atoms with Crippen molar-refractivity contribution in [3.8, 4) is 0 Å². The van der Waals surface area contributed by atoms with Crippen LogP contribution in [-0.2, 0) is 12.8 Å². The Hall–Kier alpha value is -1.02. The van der Waals surface area contributed by atoms with E-state index in [-0.39, 0.29) is 0 Å². The topological polar surface area (TPSA) is 29.3 Å². The van der Waals surface area contributed by atoms with Crippen molar-refractivity contribution in [1.82, 2.24) is 4.90 Å². The monoisotopic (exact) mass is 246 g/mol. The van der Waals surface area contributed by atoms with Crippen LogP contribution in [0.3, 0.4) is 0 Å². The maximum atomic E-state index is 6.07. The Labute approximate surface area is 111 Å². The van der Waals surface area contributed by atoms with Gasteiger partial charge in [0.05, 0.1) is 0 Å². The lowest BCUT2D eigenvalue weighted by Gasteiger charge is -2.35. The van der Waals surface area contributed by atoms with Gasteiger partial charge in [0.25, 0.3) is 0 Å². The van der Waals surface area contributed by atoms with Gasteiger partial charge in [0.2, 0.25) is 0 Å². The molecule has 0 bridgehead atoms. The zero-order valence-electron chi connectivity index (χ0n) is 11.8. The molecule has 0 aliphatic heterocycles. The second-order valence-electron chi connectivity index (χ2n) is 5.42. The first-order valence-electron chi connectivity index (χ1n) is 7.36. The van der Waals surface area contributed by atoms with E-state index in [0.717, 1.165) is 18.2 Å². The summed E-state index contributed by atoms with van der Waals surface area (Å²) in [7, 11) is 0. The summed E-state index contributed by atoms with van der Waals surface area (Å²) in [5, 5.41) is 0. The minimum absolute atomic E-state index is 0.721. The third-order valence-corrected chi connectivity index (χ3v) is 4.03. The molecule has 18 heavy (non-hydrogen) atoms. The molecule has 0 aromatic heterocycles. The predicted octanol–water partition coefficient (Wildman–Crippen LogP) is 3.25. The maximum absolute atomic E-state index is 6.07. The Morgan fingerprint density at radius 1 is 1.22 bits per heavy atom. The van der Waals surface area contributed by atoms with Gasteiger partial charge in [-0.3, -0.25) is 0 Å². The van der Waals surface area contributed by atoms with Crippen molar-refractivity contribution in [2.45, 2.75) is 52.0 Å². The molecule has 2 heteroatoms. The molecular weight excluding hydrogens is 220 g/mol. The van der Waals surface area contributed by atoms with Crippen molar-refractivity contribution < 1.29 is 0 Å². The Morgan fingerprint density at radius 3 is 2.61 bits per heavy atom. The molecule has 0 amide bonds. The standard InChI is InChI=1S/C16H26N2/c1-3-10-18(11-4-2)14-8-9-15-13(12-14)6-5-7-16(15)17/h5-7,14H,3-4,8-12,17H2,1-2H3/t14-/m1/s1. The molecular formula is C16H26N2. The van der Waals surface area contributed by atoms with Crippen LogP contribution in [0.5, 0.6) is 0 Å². The number of hydrogen-bond donors (Lipinski definition) is 1. The minimum Gasteiger partial charge on any atom is -0.398 e. The molecule has 0 spiro atoms. The van der Waals surface area contributed by atoms with Gasteiger partial charge in [-0.05, 0) is 62.4 Å². The lowest BCUT2D eigenvalue weighted by atomic mass is 9.86. The summed E-state index contributed by atoms with van der Waals surface area (Å²) >= 11 is 0. The van der Waals surface area contributed by atoms with Gasteiger partial charge in [0.1, 0.15) is 0 Å². The fourth-order valence-electron chi connectivity index (χ4n) is 3.18. The summed E-state index contributed by atoms with van der Waals surface area (Å²) in [6, 6.07) is 7.11. The van der Waals surface area contributed by atoms with E-state index in [0.29, 0.717) is 0 Å². The average molecular weight is 246 g/mol. The van der Waals surface area contributed by atoms with Crippen LogP contribution in [0.2, 0.25) is 0 Å². The highest BCUT2D eigenvalue weighted by Gasteiger charge is 2.24. The van der Waals surface area contributed by atoms with Crippen LogP contribution in [-0.4, -0.2) is 24.0 Å². The van der Waals surface area contributed by atoms with Gasteiger partial charge in [0, 0.05) is 11.7 Å². The first-order valence-corrected chi connectivity index (χ1v) is 7.36. The van der Waals surface area contributed by atoms with E-state index in [9.17, 15) is 0 Å². The Balaban J connectivity index is 2.10. The number of rotatable bonds is 5. The third-order valence-electron chi connectivity index (χ3n) is 4.03. The second kappa shape index (κ2) is 6.24. The molecule has 0 radical (unpaired) electrons. The summed E-state index contributed by atoms with van der Waals surface area (Å²) in [6.45, 7) is 7.02. The highest BCUT2D eigenvalue weighted by molar-refractivity contribution is 5.52. The molecule has 2 N–H and O–H groups in total. The van der Waals surface area contributed by atoms with E-state index in [1.807, 2.05) is 6.07 Å². The van der Waals surface area contributed by atoms with Crippen LogP contribution in [0.15, 0.2) is 18.2 Å². The summed E-state index contributed by atoms with van der Waals surface area (Å²) in [5.41, 5.74) is 9.94. The average Bonchev–Trinajstić information content (AvgIpc) is 2.38. The molecule has 100 valence electrons. The van der Waals surface area contributed by atoms with Gasteiger partial charge in [-0.15, -0.1) is 0 Å². The zero-order chi connectivity index (χ0) is 13.0. The SMILES string of the molecule is CCCN(CCC)[C@@H]1CCc2c(N)cccc2C1. The van der Waals surface area contributed by atoms with Gasteiger partial charge < -0.3 is 10.6 Å². The van der Waals surface area contributed by atoms with E-state index in [1.165, 1.54) is 49.9 Å². The second-order valence-corrected chi connectivity index (χ2v) is 5.42. The van der Waals surface area contributed by atoms with Crippen molar-refractivity contribution in [1.29, 1.82) is 0 Å². The zero-order valence-corrected chi connectivity index (χ0v) is 11.8. The Kier molecular flexibility index (Phi) is 4.65. The molecule has 0 saturated heterocycles. The van der Waals surface area contributed by atoms with E-state index < -0.39 is 0 Å². The number of benzene rings is 1. The smallest absolute Gasteiger partial charge is 0.0349 e. The van der Waals surface area contributed by atoms with Crippen LogP contribution >= 0.6 is 0 Å². The summed E-state index contributed by atoms with van der Waals surface area (Å²) < 4.78 is 0. The van der Waals surface area contributed by atoms with E-state index >= 15 is 0 Å². The number of nitrogen functional groups attached to an aromatic ring is 1. The van der Waals surface area contributed by atoms with E-state index in [2.05, 4.69) is 30.9 Å². The van der Waals surface area contributed by atoms with Gasteiger partial charge >= 0.3 is 0 Å². The maximum Gasteiger partial charge on any atom is 0.0349 e. The number of nitrogens with zero attached hydrogens (tertiary/aromatic N) is 1. The molecule has 1 aliphatic carbocycles. The normalized spacial score (nSPS) is 18.9. The lowest BCUT2D eigenvalue weighted by molar-refractivity contribution is 0.180. The number of anilines is 1. The van der Waals surface area contributed by atoms with Crippen molar-refractivity contribution in [2.75, 3.05) is 18.8 Å². The minimum atomic E-state index is 0.721. The Morgan fingerprint density at radius 2 is 1.94 bits per heavy atom. The van der Waals surface area contributed by atoms with Crippen LogP contribution < -0.4 is 5.73 Å². The van der Waals surface area contributed by atoms with Gasteiger partial charge in [-0.1, -0.05) is 26.0 Å². The highest BCUT2D eigenvalue weighted by Crippen LogP contribution is 2.28. The Bertz CT molecular complexity index is 381. The third kappa shape index (κ3) is 2.86.